The van der Waals surface area contributed by atoms with Gasteiger partial charge < -0.3 is 21.1 Å². The first kappa shape index (κ1) is 22.4. The number of quaternary nitrogens is 1. The topological polar surface area (TPSA) is 135 Å². The third-order valence-corrected chi connectivity index (χ3v) is 7.48. The molecule has 0 aliphatic carbocycles. The standard InChI is InChI=1S/C24H23ClN4O5/c1-34-13-7-5-12(6-8-13)11-29-21(31)18-16(9-10-17(26)30)28-24(19(18)22(29)32)14-3-2-4-15(25)20(14)27-23(24)33/h2-8,16,18-19,28H,9-11H2,1H3,(H2,26,30)(H,27,33)/p+1/t16-,18+,19-,24+/m1/s1. The van der Waals surface area contributed by atoms with Crippen molar-refractivity contribution in [1.29, 1.82) is 0 Å². The Morgan fingerprint density at radius 3 is 2.59 bits per heavy atom. The molecule has 176 valence electrons. The van der Waals surface area contributed by atoms with Crippen molar-refractivity contribution in [2.75, 3.05) is 12.4 Å². The molecule has 4 atom stereocenters. The fourth-order valence-corrected chi connectivity index (χ4v) is 5.88. The van der Waals surface area contributed by atoms with Crippen LogP contribution in [0.15, 0.2) is 42.5 Å². The second-order valence-electron chi connectivity index (χ2n) is 8.94. The Kier molecular flexibility index (Phi) is 5.33. The van der Waals surface area contributed by atoms with Crippen LogP contribution in [0.25, 0.3) is 0 Å². The number of hydrogen-bond acceptors (Lipinski definition) is 5. The molecular formula is C24H24ClN4O5+. The summed E-state index contributed by atoms with van der Waals surface area (Å²) in [4.78, 5) is 53.5. The number of anilines is 1. The minimum atomic E-state index is -1.34. The number of primary amides is 1. The van der Waals surface area contributed by atoms with Gasteiger partial charge in [0.2, 0.25) is 23.3 Å². The van der Waals surface area contributed by atoms with Crippen molar-refractivity contribution in [3.8, 4) is 5.75 Å². The van der Waals surface area contributed by atoms with Gasteiger partial charge in [-0.1, -0.05) is 29.8 Å². The minimum Gasteiger partial charge on any atom is -0.497 e. The molecule has 0 saturated carbocycles. The van der Waals surface area contributed by atoms with E-state index in [-0.39, 0.29) is 31.2 Å². The molecule has 10 heteroatoms. The van der Waals surface area contributed by atoms with Crippen molar-refractivity contribution in [3.63, 3.8) is 0 Å². The molecule has 3 heterocycles. The van der Waals surface area contributed by atoms with E-state index in [1.807, 2.05) is 0 Å². The first-order valence-electron chi connectivity index (χ1n) is 11.0. The molecule has 5 rings (SSSR count). The first-order valence-corrected chi connectivity index (χ1v) is 11.4. The second-order valence-corrected chi connectivity index (χ2v) is 9.34. The molecule has 2 saturated heterocycles. The van der Waals surface area contributed by atoms with Crippen LogP contribution in [-0.4, -0.2) is 41.7 Å². The fraction of sp³-hybridized carbons (Fsp3) is 0.333. The maximum Gasteiger partial charge on any atom is 0.291 e. The molecule has 0 unspecified atom stereocenters. The number of imide groups is 1. The number of benzene rings is 2. The van der Waals surface area contributed by atoms with Crippen LogP contribution in [-0.2, 0) is 31.3 Å². The van der Waals surface area contributed by atoms with E-state index in [4.69, 9.17) is 22.1 Å². The normalized spacial score (nSPS) is 27.2. The number of hydrogen-bond donors (Lipinski definition) is 3. The smallest absolute Gasteiger partial charge is 0.291 e. The van der Waals surface area contributed by atoms with E-state index in [9.17, 15) is 19.2 Å². The van der Waals surface area contributed by atoms with Gasteiger partial charge in [0.05, 0.1) is 24.4 Å². The Morgan fingerprint density at radius 2 is 1.91 bits per heavy atom. The molecule has 0 aromatic heterocycles. The predicted molar refractivity (Wildman–Crippen MR) is 121 cm³/mol. The molecule has 4 amide bonds. The van der Waals surface area contributed by atoms with Crippen molar-refractivity contribution in [3.05, 3.63) is 58.6 Å². The number of methoxy groups -OCH3 is 1. The Morgan fingerprint density at radius 1 is 1.18 bits per heavy atom. The van der Waals surface area contributed by atoms with Gasteiger partial charge in [-0.15, -0.1) is 0 Å². The van der Waals surface area contributed by atoms with Crippen LogP contribution in [0.5, 0.6) is 5.75 Å². The molecule has 1 spiro atoms. The van der Waals surface area contributed by atoms with Crippen LogP contribution < -0.4 is 21.1 Å². The van der Waals surface area contributed by atoms with Gasteiger partial charge in [0.15, 0.2) is 0 Å². The molecule has 3 aliphatic heterocycles. The van der Waals surface area contributed by atoms with Crippen LogP contribution in [0.1, 0.15) is 24.0 Å². The van der Waals surface area contributed by atoms with Gasteiger partial charge in [-0.05, 0) is 29.8 Å². The zero-order valence-electron chi connectivity index (χ0n) is 18.4. The molecule has 2 fully saturated rings. The van der Waals surface area contributed by atoms with E-state index in [0.717, 1.165) is 5.56 Å². The highest BCUT2D eigenvalue weighted by atomic mass is 35.5. The summed E-state index contributed by atoms with van der Waals surface area (Å²) in [5, 5.41) is 4.95. The quantitative estimate of drug-likeness (QED) is 0.514. The third-order valence-electron chi connectivity index (χ3n) is 7.17. The Labute approximate surface area is 200 Å². The van der Waals surface area contributed by atoms with Gasteiger partial charge in [0, 0.05) is 18.4 Å². The highest BCUT2D eigenvalue weighted by Gasteiger charge is 2.74. The lowest BCUT2D eigenvalue weighted by atomic mass is 9.76. The molecule has 9 nitrogen and oxygen atoms in total. The first-order chi connectivity index (χ1) is 16.3. The molecule has 34 heavy (non-hydrogen) atoms. The summed E-state index contributed by atoms with van der Waals surface area (Å²) in [6.07, 6.45) is 0.321. The maximum absolute atomic E-state index is 13.8. The lowest BCUT2D eigenvalue weighted by molar-refractivity contribution is -0.734. The van der Waals surface area contributed by atoms with Crippen molar-refractivity contribution in [1.82, 2.24) is 4.90 Å². The van der Waals surface area contributed by atoms with E-state index < -0.39 is 35.2 Å². The van der Waals surface area contributed by atoms with E-state index >= 15 is 0 Å². The summed E-state index contributed by atoms with van der Waals surface area (Å²) >= 11 is 6.34. The van der Waals surface area contributed by atoms with Crippen LogP contribution in [0.3, 0.4) is 0 Å². The van der Waals surface area contributed by atoms with Crippen molar-refractivity contribution in [2.24, 2.45) is 17.6 Å². The minimum absolute atomic E-state index is 0.0461. The molecule has 3 aliphatic rings. The monoisotopic (exact) mass is 483 g/mol. The number of carbonyl (C=O) groups is 4. The van der Waals surface area contributed by atoms with Gasteiger partial charge in [-0.2, -0.15) is 0 Å². The zero-order chi connectivity index (χ0) is 24.2. The van der Waals surface area contributed by atoms with Crippen molar-refractivity contribution < 1.29 is 29.2 Å². The number of halogens is 1. The lowest BCUT2D eigenvalue weighted by Gasteiger charge is -2.26. The van der Waals surface area contributed by atoms with Crippen molar-refractivity contribution >= 4 is 40.9 Å². The van der Waals surface area contributed by atoms with Gasteiger partial charge >= 0.3 is 0 Å². The summed E-state index contributed by atoms with van der Waals surface area (Å²) in [6.45, 7) is 0.0807. The van der Waals surface area contributed by atoms with Gasteiger partial charge in [0.1, 0.15) is 23.6 Å². The summed E-state index contributed by atoms with van der Waals surface area (Å²) < 4.78 is 5.18. The van der Waals surface area contributed by atoms with Crippen LogP contribution >= 0.6 is 11.6 Å². The number of ether oxygens (including phenoxy) is 1. The van der Waals surface area contributed by atoms with Crippen LogP contribution in [0.4, 0.5) is 5.69 Å². The summed E-state index contributed by atoms with van der Waals surface area (Å²) in [7, 11) is 1.56. The lowest BCUT2D eigenvalue weighted by Crippen LogP contribution is -2.99. The number of nitrogens with zero attached hydrogens (tertiary/aromatic N) is 1. The van der Waals surface area contributed by atoms with Gasteiger partial charge in [-0.3, -0.25) is 24.1 Å². The predicted octanol–water partition coefficient (Wildman–Crippen LogP) is 0.509. The molecule has 0 bridgehead atoms. The number of amides is 4. The summed E-state index contributed by atoms with van der Waals surface area (Å²) in [6, 6.07) is 11.8. The van der Waals surface area contributed by atoms with Gasteiger partial charge in [0.25, 0.3) is 5.91 Å². The average molecular weight is 484 g/mol. The Hall–Kier alpha value is -3.43. The molecular weight excluding hydrogens is 460 g/mol. The summed E-state index contributed by atoms with van der Waals surface area (Å²) in [5.74, 6) is -2.67. The van der Waals surface area contributed by atoms with E-state index in [0.29, 0.717) is 22.0 Å². The second kappa shape index (κ2) is 8.11. The van der Waals surface area contributed by atoms with Crippen LogP contribution in [0, 0.1) is 11.8 Å². The van der Waals surface area contributed by atoms with E-state index in [1.165, 1.54) is 4.90 Å². The summed E-state index contributed by atoms with van der Waals surface area (Å²) in [5.41, 5.74) is 5.82. The number of rotatable bonds is 6. The highest BCUT2D eigenvalue weighted by Crippen LogP contribution is 2.51. The maximum atomic E-state index is 13.8. The number of fused-ring (bicyclic) bond motifs is 4. The SMILES string of the molecule is COc1ccc(CN2C(=O)[C@H]3[C@@H](CCC(N)=O)[NH2+][C@]4(C(=O)Nc5c(Cl)cccc54)[C@H]3C2=O)cc1. The number of nitrogens with one attached hydrogen (secondary N) is 1. The Bertz CT molecular complexity index is 1220. The average Bonchev–Trinajstić information content (AvgIpc) is 3.40. The number of likely N-dealkylation sites (tertiary alicyclic amines) is 1. The molecule has 0 radical (unpaired) electrons. The molecule has 2 aromatic carbocycles. The third kappa shape index (κ3) is 3.19. The number of nitrogens with two attached hydrogens (primary N) is 2. The molecule has 5 N–H and O–H groups in total. The largest absolute Gasteiger partial charge is 0.497 e. The van der Waals surface area contributed by atoms with Gasteiger partial charge in [-0.25, -0.2) is 0 Å². The molecule has 2 aromatic rings. The number of para-hydroxylation sites is 1. The van der Waals surface area contributed by atoms with Crippen molar-refractivity contribution in [2.45, 2.75) is 31.0 Å². The fourth-order valence-electron chi connectivity index (χ4n) is 5.66. The van der Waals surface area contributed by atoms with E-state index in [1.54, 1.807) is 54.9 Å². The van der Waals surface area contributed by atoms with E-state index in [2.05, 4.69) is 5.32 Å². The highest BCUT2D eigenvalue weighted by molar-refractivity contribution is 6.35. The van der Waals surface area contributed by atoms with Crippen LogP contribution in [0.2, 0.25) is 5.02 Å². The Balaban J connectivity index is 1.56. The number of carbonyl (C=O) groups excluding carboxylic acids is 4. The zero-order valence-corrected chi connectivity index (χ0v) is 19.2.